The highest BCUT2D eigenvalue weighted by Gasteiger charge is 2.19. The molecule has 0 unspecified atom stereocenters. The number of nitrogens with zero attached hydrogens (tertiary/aromatic N) is 3. The molecule has 1 atom stereocenters. The first kappa shape index (κ1) is 15.2. The average Bonchev–Trinajstić information content (AvgIpc) is 3.00. The van der Waals surface area contributed by atoms with E-state index in [0.29, 0.717) is 23.9 Å². The molecule has 1 aliphatic heterocycles. The number of hydrogen-bond acceptors (Lipinski definition) is 5. The van der Waals surface area contributed by atoms with E-state index in [9.17, 15) is 8.42 Å². The van der Waals surface area contributed by atoms with Crippen LogP contribution in [0.5, 0.6) is 0 Å². The predicted octanol–water partition coefficient (Wildman–Crippen LogP) is 1.05. The third kappa shape index (κ3) is 3.53. The minimum Gasteiger partial charge on any atom is -0.312 e. The van der Waals surface area contributed by atoms with Crippen molar-refractivity contribution in [3.05, 3.63) is 42.5 Å². The molecule has 0 saturated carbocycles. The Morgan fingerprint density at radius 3 is 2.91 bits per heavy atom. The van der Waals surface area contributed by atoms with Crippen molar-refractivity contribution in [1.82, 2.24) is 20.1 Å². The second-order valence-corrected chi connectivity index (χ2v) is 7.64. The van der Waals surface area contributed by atoms with Crippen molar-refractivity contribution >= 4 is 9.84 Å². The SMILES string of the molecule is O=S(=O)(CCCN[C@@H]1CCc2ncnn2C1)c1ccccc1. The van der Waals surface area contributed by atoms with Crippen LogP contribution in [-0.2, 0) is 22.8 Å². The van der Waals surface area contributed by atoms with Crippen LogP contribution in [0.3, 0.4) is 0 Å². The zero-order valence-electron chi connectivity index (χ0n) is 12.4. The molecule has 2 heterocycles. The van der Waals surface area contributed by atoms with E-state index in [4.69, 9.17) is 0 Å². The number of sulfone groups is 1. The molecule has 0 spiro atoms. The van der Waals surface area contributed by atoms with E-state index in [-0.39, 0.29) is 5.75 Å². The summed E-state index contributed by atoms with van der Waals surface area (Å²) in [6, 6.07) is 8.97. The molecule has 0 saturated heterocycles. The second kappa shape index (κ2) is 6.58. The highest BCUT2D eigenvalue weighted by molar-refractivity contribution is 7.91. The summed E-state index contributed by atoms with van der Waals surface area (Å²) in [7, 11) is -3.17. The van der Waals surface area contributed by atoms with Crippen molar-refractivity contribution in [1.29, 1.82) is 0 Å². The number of benzene rings is 1. The van der Waals surface area contributed by atoms with Crippen molar-refractivity contribution in [2.75, 3.05) is 12.3 Å². The van der Waals surface area contributed by atoms with Gasteiger partial charge >= 0.3 is 0 Å². The maximum atomic E-state index is 12.2. The first-order valence-corrected chi connectivity index (χ1v) is 9.18. The standard InChI is InChI=1S/C15H20N4O2S/c20-22(21,14-5-2-1-3-6-14)10-4-9-16-13-7-8-15-17-12-18-19(15)11-13/h1-3,5-6,12-13,16H,4,7-11H2/t13-/m1/s1. The van der Waals surface area contributed by atoms with E-state index in [2.05, 4.69) is 15.4 Å². The fourth-order valence-corrected chi connectivity index (χ4v) is 4.05. The Hall–Kier alpha value is -1.73. The Kier molecular flexibility index (Phi) is 4.54. The number of aromatic nitrogens is 3. The molecule has 0 aliphatic carbocycles. The van der Waals surface area contributed by atoms with E-state index < -0.39 is 9.84 Å². The smallest absolute Gasteiger partial charge is 0.178 e. The second-order valence-electron chi connectivity index (χ2n) is 5.53. The number of rotatable bonds is 6. The Bertz CT molecular complexity index is 712. The lowest BCUT2D eigenvalue weighted by Crippen LogP contribution is -2.38. The lowest BCUT2D eigenvalue weighted by Gasteiger charge is -2.23. The van der Waals surface area contributed by atoms with Gasteiger partial charge in [0, 0.05) is 12.5 Å². The number of fused-ring (bicyclic) bond motifs is 1. The van der Waals surface area contributed by atoms with Crippen LogP contribution in [0.1, 0.15) is 18.7 Å². The molecule has 0 radical (unpaired) electrons. The molecule has 22 heavy (non-hydrogen) atoms. The predicted molar refractivity (Wildman–Crippen MR) is 83.2 cm³/mol. The zero-order chi connectivity index (χ0) is 15.4. The van der Waals surface area contributed by atoms with Crippen LogP contribution in [0, 0.1) is 0 Å². The normalized spacial score (nSPS) is 18.1. The first-order chi connectivity index (χ1) is 10.6. The molecule has 1 aromatic carbocycles. The van der Waals surface area contributed by atoms with E-state index in [1.54, 1.807) is 30.6 Å². The van der Waals surface area contributed by atoms with Crippen LogP contribution in [0.25, 0.3) is 0 Å². The highest BCUT2D eigenvalue weighted by atomic mass is 32.2. The van der Waals surface area contributed by atoms with Gasteiger partial charge in [0.2, 0.25) is 0 Å². The van der Waals surface area contributed by atoms with Crippen LogP contribution in [-0.4, -0.2) is 41.5 Å². The van der Waals surface area contributed by atoms with Crippen LogP contribution >= 0.6 is 0 Å². The molecule has 1 aliphatic rings. The molecule has 0 amide bonds. The zero-order valence-corrected chi connectivity index (χ0v) is 13.2. The van der Waals surface area contributed by atoms with Crippen LogP contribution < -0.4 is 5.32 Å². The summed E-state index contributed by atoms with van der Waals surface area (Å²) in [5.41, 5.74) is 0. The van der Waals surface area contributed by atoms with Crippen LogP contribution in [0.15, 0.2) is 41.6 Å². The van der Waals surface area contributed by atoms with Gasteiger partial charge in [-0.1, -0.05) is 18.2 Å². The molecule has 2 aromatic rings. The van der Waals surface area contributed by atoms with Gasteiger partial charge in [-0.25, -0.2) is 18.1 Å². The van der Waals surface area contributed by atoms with Crippen LogP contribution in [0.4, 0.5) is 0 Å². The van der Waals surface area contributed by atoms with E-state index in [1.807, 2.05) is 10.7 Å². The van der Waals surface area contributed by atoms with Crippen LogP contribution in [0.2, 0.25) is 0 Å². The minimum absolute atomic E-state index is 0.172. The fourth-order valence-electron chi connectivity index (χ4n) is 2.72. The molecule has 0 bridgehead atoms. The maximum absolute atomic E-state index is 12.2. The van der Waals surface area contributed by atoms with Crippen molar-refractivity contribution in [2.24, 2.45) is 0 Å². The summed E-state index contributed by atoms with van der Waals surface area (Å²) in [5, 5.41) is 7.61. The molecular weight excluding hydrogens is 300 g/mol. The molecule has 1 N–H and O–H groups in total. The summed E-state index contributed by atoms with van der Waals surface area (Å²) in [6.07, 6.45) is 4.13. The third-order valence-corrected chi connectivity index (χ3v) is 5.75. The van der Waals surface area contributed by atoms with Gasteiger partial charge < -0.3 is 5.32 Å². The topological polar surface area (TPSA) is 76.9 Å². The number of hydrogen-bond donors (Lipinski definition) is 1. The largest absolute Gasteiger partial charge is 0.312 e. The van der Waals surface area contributed by atoms with Gasteiger partial charge in [-0.05, 0) is 31.5 Å². The Morgan fingerprint density at radius 1 is 1.27 bits per heavy atom. The van der Waals surface area contributed by atoms with Crippen molar-refractivity contribution < 1.29 is 8.42 Å². The lowest BCUT2D eigenvalue weighted by molar-refractivity contribution is 0.360. The summed E-state index contributed by atoms with van der Waals surface area (Å²) in [5.74, 6) is 1.20. The monoisotopic (exact) mass is 320 g/mol. The summed E-state index contributed by atoms with van der Waals surface area (Å²) in [4.78, 5) is 4.60. The highest BCUT2D eigenvalue weighted by Crippen LogP contribution is 2.13. The molecule has 6 nitrogen and oxygen atoms in total. The van der Waals surface area contributed by atoms with Crippen molar-refractivity contribution in [3.8, 4) is 0 Å². The fraction of sp³-hybridized carbons (Fsp3) is 0.467. The van der Waals surface area contributed by atoms with Crippen molar-refractivity contribution in [2.45, 2.75) is 36.7 Å². The maximum Gasteiger partial charge on any atom is 0.178 e. The van der Waals surface area contributed by atoms with Gasteiger partial charge in [0.25, 0.3) is 0 Å². The summed E-state index contributed by atoms with van der Waals surface area (Å²) < 4.78 is 26.2. The average molecular weight is 320 g/mol. The molecule has 118 valence electrons. The molecule has 7 heteroatoms. The number of nitrogens with one attached hydrogen (secondary N) is 1. The minimum atomic E-state index is -3.17. The Balaban J connectivity index is 1.45. The third-order valence-electron chi connectivity index (χ3n) is 3.93. The Labute approximate surface area is 130 Å². The van der Waals surface area contributed by atoms with Gasteiger partial charge in [-0.15, -0.1) is 0 Å². The van der Waals surface area contributed by atoms with Crippen molar-refractivity contribution in [3.63, 3.8) is 0 Å². The molecule has 1 aromatic heterocycles. The first-order valence-electron chi connectivity index (χ1n) is 7.53. The van der Waals surface area contributed by atoms with Gasteiger partial charge in [0.05, 0.1) is 17.2 Å². The van der Waals surface area contributed by atoms with Gasteiger partial charge in [-0.2, -0.15) is 5.10 Å². The lowest BCUT2D eigenvalue weighted by atomic mass is 10.1. The molecular formula is C15H20N4O2S. The van der Waals surface area contributed by atoms with E-state index in [1.165, 1.54) is 0 Å². The van der Waals surface area contributed by atoms with E-state index >= 15 is 0 Å². The molecule has 0 fully saturated rings. The van der Waals surface area contributed by atoms with Gasteiger partial charge in [-0.3, -0.25) is 0 Å². The van der Waals surface area contributed by atoms with Gasteiger partial charge in [0.15, 0.2) is 9.84 Å². The summed E-state index contributed by atoms with van der Waals surface area (Å²) >= 11 is 0. The number of aryl methyl sites for hydroxylation is 1. The summed E-state index contributed by atoms with van der Waals surface area (Å²) in [6.45, 7) is 1.50. The van der Waals surface area contributed by atoms with Gasteiger partial charge in [0.1, 0.15) is 12.2 Å². The Morgan fingerprint density at radius 2 is 2.09 bits per heavy atom. The van der Waals surface area contributed by atoms with E-state index in [0.717, 1.165) is 25.2 Å². The quantitative estimate of drug-likeness (QED) is 0.805. The molecule has 3 rings (SSSR count).